The molecule has 3 rings (SSSR count). The molecule has 0 bridgehead atoms. The number of carbonyl (C=O) groups excluding carboxylic acids is 1. The van der Waals surface area contributed by atoms with Gasteiger partial charge < -0.3 is 9.84 Å². The molecule has 7 heteroatoms. The SMILES string of the molecule is COc1ccc(C(=O)/C=C/c2n[nH]c3cc(C(=O)O)ccc23)c(F)c1. The van der Waals surface area contributed by atoms with Gasteiger partial charge in [0.1, 0.15) is 11.6 Å². The van der Waals surface area contributed by atoms with Crippen molar-refractivity contribution in [2.24, 2.45) is 0 Å². The van der Waals surface area contributed by atoms with Crippen LogP contribution in [-0.4, -0.2) is 34.2 Å². The lowest BCUT2D eigenvalue weighted by Gasteiger charge is -2.02. The van der Waals surface area contributed by atoms with E-state index in [2.05, 4.69) is 10.2 Å². The van der Waals surface area contributed by atoms with Crippen molar-refractivity contribution >= 4 is 28.7 Å². The van der Waals surface area contributed by atoms with E-state index in [1.165, 1.54) is 43.5 Å². The molecule has 1 heterocycles. The number of hydrogen-bond donors (Lipinski definition) is 2. The average Bonchev–Trinajstić information content (AvgIpc) is 3.01. The monoisotopic (exact) mass is 340 g/mol. The molecule has 3 aromatic rings. The van der Waals surface area contributed by atoms with Gasteiger partial charge in [0.15, 0.2) is 5.78 Å². The molecule has 0 radical (unpaired) electrons. The summed E-state index contributed by atoms with van der Waals surface area (Å²) in [7, 11) is 1.41. The van der Waals surface area contributed by atoms with E-state index in [0.717, 1.165) is 6.07 Å². The van der Waals surface area contributed by atoms with E-state index in [9.17, 15) is 14.0 Å². The van der Waals surface area contributed by atoms with E-state index < -0.39 is 17.6 Å². The maximum atomic E-state index is 13.9. The summed E-state index contributed by atoms with van der Waals surface area (Å²) in [5, 5.41) is 16.4. The third-order valence-electron chi connectivity index (χ3n) is 3.67. The van der Waals surface area contributed by atoms with E-state index in [4.69, 9.17) is 9.84 Å². The van der Waals surface area contributed by atoms with E-state index in [1.807, 2.05) is 0 Å². The van der Waals surface area contributed by atoms with E-state index in [0.29, 0.717) is 22.3 Å². The number of nitrogens with one attached hydrogen (secondary N) is 1. The highest BCUT2D eigenvalue weighted by Gasteiger charge is 2.11. The number of carbonyl (C=O) groups is 2. The summed E-state index contributed by atoms with van der Waals surface area (Å²) in [6.07, 6.45) is 2.66. The number of H-pyrrole nitrogens is 1. The van der Waals surface area contributed by atoms with Crippen LogP contribution < -0.4 is 4.74 Å². The molecule has 0 aliphatic heterocycles. The van der Waals surface area contributed by atoms with E-state index in [1.54, 1.807) is 6.07 Å². The Hall–Kier alpha value is -3.48. The van der Waals surface area contributed by atoms with Crippen LogP contribution in [0.4, 0.5) is 4.39 Å². The third kappa shape index (κ3) is 3.25. The zero-order valence-electron chi connectivity index (χ0n) is 13.1. The number of ether oxygens (including phenoxy) is 1. The summed E-state index contributed by atoms with van der Waals surface area (Å²) in [4.78, 5) is 23.1. The molecule has 2 N–H and O–H groups in total. The highest BCUT2D eigenvalue weighted by atomic mass is 19.1. The number of fused-ring (bicyclic) bond motifs is 1. The van der Waals surface area contributed by atoms with Crippen molar-refractivity contribution in [2.45, 2.75) is 0 Å². The number of nitrogens with zero attached hydrogens (tertiary/aromatic N) is 1. The molecule has 0 saturated carbocycles. The predicted molar refractivity (Wildman–Crippen MR) is 89.4 cm³/mol. The number of aromatic amines is 1. The Morgan fingerprint density at radius 2 is 2.04 bits per heavy atom. The average molecular weight is 340 g/mol. The van der Waals surface area contributed by atoms with Crippen molar-refractivity contribution in [1.82, 2.24) is 10.2 Å². The van der Waals surface area contributed by atoms with Crippen LogP contribution in [0.15, 0.2) is 42.5 Å². The van der Waals surface area contributed by atoms with Crippen molar-refractivity contribution in [2.75, 3.05) is 7.11 Å². The summed E-state index contributed by atoms with van der Waals surface area (Å²) in [6.45, 7) is 0. The van der Waals surface area contributed by atoms with Crippen molar-refractivity contribution in [3.8, 4) is 5.75 Å². The molecule has 25 heavy (non-hydrogen) atoms. The molecule has 0 unspecified atom stereocenters. The minimum absolute atomic E-state index is 0.0787. The number of hydrogen-bond acceptors (Lipinski definition) is 4. The molecule has 0 aliphatic carbocycles. The molecular weight excluding hydrogens is 327 g/mol. The van der Waals surface area contributed by atoms with Crippen molar-refractivity contribution in [3.63, 3.8) is 0 Å². The van der Waals surface area contributed by atoms with Crippen molar-refractivity contribution < 1.29 is 23.8 Å². The molecule has 0 aliphatic rings. The van der Waals surface area contributed by atoms with Gasteiger partial charge in [-0.15, -0.1) is 0 Å². The Kier molecular flexibility index (Phi) is 4.30. The summed E-state index contributed by atoms with van der Waals surface area (Å²) in [5.74, 6) is -1.91. The Morgan fingerprint density at radius 1 is 1.24 bits per heavy atom. The van der Waals surface area contributed by atoms with Gasteiger partial charge >= 0.3 is 5.97 Å². The Morgan fingerprint density at radius 3 is 2.72 bits per heavy atom. The number of carboxylic acids is 1. The van der Waals surface area contributed by atoms with Gasteiger partial charge in [-0.2, -0.15) is 5.10 Å². The number of halogens is 1. The molecule has 0 amide bonds. The first-order chi connectivity index (χ1) is 12.0. The van der Waals surface area contributed by atoms with Gasteiger partial charge in [-0.1, -0.05) is 0 Å². The first-order valence-corrected chi connectivity index (χ1v) is 7.27. The second-order valence-electron chi connectivity index (χ2n) is 5.22. The fraction of sp³-hybridized carbons (Fsp3) is 0.0556. The van der Waals surface area contributed by atoms with Gasteiger partial charge in [-0.3, -0.25) is 9.89 Å². The number of allylic oxidation sites excluding steroid dienone is 1. The second-order valence-corrected chi connectivity index (χ2v) is 5.22. The molecule has 0 fully saturated rings. The molecule has 1 aromatic heterocycles. The molecule has 2 aromatic carbocycles. The Balaban J connectivity index is 1.88. The van der Waals surface area contributed by atoms with Crippen LogP contribution in [0.3, 0.4) is 0 Å². The van der Waals surface area contributed by atoms with Gasteiger partial charge in [-0.25, -0.2) is 9.18 Å². The maximum absolute atomic E-state index is 13.9. The van der Waals surface area contributed by atoms with E-state index in [-0.39, 0.29) is 11.1 Å². The lowest BCUT2D eigenvalue weighted by atomic mass is 10.1. The summed E-state index contributed by atoms with van der Waals surface area (Å²) in [6, 6.07) is 8.48. The van der Waals surface area contributed by atoms with Crippen LogP contribution in [0.25, 0.3) is 17.0 Å². The molecule has 0 atom stereocenters. The number of methoxy groups -OCH3 is 1. The predicted octanol–water partition coefficient (Wildman–Crippen LogP) is 3.30. The standard InChI is InChI=1S/C18H13FN2O4/c1-25-11-3-5-12(14(19)9-11)17(22)7-6-15-13-4-2-10(18(23)24)8-16(13)21-20-15/h2-9H,1H3,(H,20,21)(H,23,24)/b7-6+. The third-order valence-corrected chi connectivity index (χ3v) is 3.67. The lowest BCUT2D eigenvalue weighted by molar-refractivity contribution is 0.0697. The fourth-order valence-electron chi connectivity index (χ4n) is 2.37. The quantitative estimate of drug-likeness (QED) is 0.549. The first kappa shape index (κ1) is 16.4. The van der Waals surface area contributed by atoms with Gasteiger partial charge in [0, 0.05) is 11.5 Å². The van der Waals surface area contributed by atoms with Crippen LogP contribution in [0, 0.1) is 5.82 Å². The molecule has 6 nitrogen and oxygen atoms in total. The van der Waals surface area contributed by atoms with E-state index >= 15 is 0 Å². The minimum Gasteiger partial charge on any atom is -0.497 e. The molecular formula is C18H13FN2O4. The van der Waals surface area contributed by atoms with Crippen LogP contribution in [0.5, 0.6) is 5.75 Å². The Bertz CT molecular complexity index is 1010. The van der Waals surface area contributed by atoms with Crippen molar-refractivity contribution in [3.05, 3.63) is 65.1 Å². The number of ketones is 1. The minimum atomic E-state index is -1.04. The van der Waals surface area contributed by atoms with Gasteiger partial charge in [0.2, 0.25) is 0 Å². The van der Waals surface area contributed by atoms with Gasteiger partial charge in [0.05, 0.1) is 29.4 Å². The normalized spacial score (nSPS) is 11.1. The topological polar surface area (TPSA) is 92.3 Å². The summed E-state index contributed by atoms with van der Waals surface area (Å²) < 4.78 is 18.8. The highest BCUT2D eigenvalue weighted by Crippen LogP contribution is 2.20. The fourth-order valence-corrected chi connectivity index (χ4v) is 2.37. The second kappa shape index (κ2) is 6.56. The van der Waals surface area contributed by atoms with Crippen LogP contribution in [0.2, 0.25) is 0 Å². The van der Waals surface area contributed by atoms with Gasteiger partial charge in [0.25, 0.3) is 0 Å². The number of carboxylic acid groups (broad SMARTS) is 1. The lowest BCUT2D eigenvalue weighted by Crippen LogP contribution is -1.99. The van der Waals surface area contributed by atoms with Crippen LogP contribution in [-0.2, 0) is 0 Å². The number of aromatic nitrogens is 2. The zero-order valence-corrected chi connectivity index (χ0v) is 13.1. The largest absolute Gasteiger partial charge is 0.497 e. The van der Waals surface area contributed by atoms with Gasteiger partial charge in [-0.05, 0) is 42.5 Å². The molecule has 0 spiro atoms. The van der Waals surface area contributed by atoms with Crippen LogP contribution >= 0.6 is 0 Å². The smallest absolute Gasteiger partial charge is 0.335 e. The molecule has 126 valence electrons. The molecule has 0 saturated heterocycles. The van der Waals surface area contributed by atoms with Crippen LogP contribution in [0.1, 0.15) is 26.4 Å². The van der Waals surface area contributed by atoms with Crippen molar-refractivity contribution in [1.29, 1.82) is 0 Å². The summed E-state index contributed by atoms with van der Waals surface area (Å²) >= 11 is 0. The number of aromatic carboxylic acids is 1. The maximum Gasteiger partial charge on any atom is 0.335 e. The zero-order chi connectivity index (χ0) is 18.0. The number of rotatable bonds is 5. The summed E-state index contributed by atoms with van der Waals surface area (Å²) in [5.41, 5.74) is 1.03. The number of benzene rings is 2. The Labute approximate surface area is 141 Å². The highest BCUT2D eigenvalue weighted by molar-refractivity contribution is 6.08. The first-order valence-electron chi connectivity index (χ1n) is 7.27.